The van der Waals surface area contributed by atoms with Crippen LogP contribution in [0, 0.1) is 18.8 Å². The minimum Gasteiger partial charge on any atom is -0.487 e. The Morgan fingerprint density at radius 3 is 2.67 bits per heavy atom. The van der Waals surface area contributed by atoms with Gasteiger partial charge in [0.15, 0.2) is 6.17 Å². The number of rotatable bonds is 7. The number of methoxy groups -OCH3 is 1. The molecule has 176 valence electrons. The molecule has 0 bridgehead atoms. The summed E-state index contributed by atoms with van der Waals surface area (Å²) in [7, 11) is 1.45. The SMILES string of the molecule is COCC(=O)N1CC[C@H](Oc2ccc(-c3ccnc(NC(=O)C4CC4C)c3)cc2C)[C@H](F)C1. The van der Waals surface area contributed by atoms with Gasteiger partial charge in [-0.3, -0.25) is 9.59 Å². The largest absolute Gasteiger partial charge is 0.487 e. The van der Waals surface area contributed by atoms with E-state index in [0.717, 1.165) is 23.1 Å². The maximum Gasteiger partial charge on any atom is 0.248 e. The van der Waals surface area contributed by atoms with Crippen LogP contribution in [0.3, 0.4) is 0 Å². The van der Waals surface area contributed by atoms with Gasteiger partial charge >= 0.3 is 0 Å². The van der Waals surface area contributed by atoms with Gasteiger partial charge in [-0.05, 0) is 60.2 Å². The van der Waals surface area contributed by atoms with Crippen molar-refractivity contribution in [2.45, 2.75) is 39.0 Å². The fourth-order valence-electron chi connectivity index (χ4n) is 4.17. The maximum atomic E-state index is 14.7. The van der Waals surface area contributed by atoms with Crippen molar-refractivity contribution in [3.63, 3.8) is 0 Å². The van der Waals surface area contributed by atoms with Crippen molar-refractivity contribution >= 4 is 17.6 Å². The van der Waals surface area contributed by atoms with Crippen LogP contribution in [0.15, 0.2) is 36.5 Å². The van der Waals surface area contributed by atoms with E-state index in [4.69, 9.17) is 9.47 Å². The number of nitrogens with zero attached hydrogens (tertiary/aromatic N) is 2. The smallest absolute Gasteiger partial charge is 0.248 e. The molecule has 2 fully saturated rings. The summed E-state index contributed by atoms with van der Waals surface area (Å²) in [5.41, 5.74) is 2.76. The lowest BCUT2D eigenvalue weighted by Crippen LogP contribution is -2.50. The minimum absolute atomic E-state index is 0.00907. The molecule has 2 aromatic rings. The predicted molar refractivity (Wildman–Crippen MR) is 123 cm³/mol. The van der Waals surface area contributed by atoms with Crippen LogP contribution in [0.4, 0.5) is 10.2 Å². The molecule has 4 rings (SSSR count). The summed E-state index contributed by atoms with van der Waals surface area (Å²) < 4.78 is 25.5. The Kier molecular flexibility index (Phi) is 6.93. The fraction of sp³-hybridized carbons (Fsp3) is 0.480. The average Bonchev–Trinajstić information content (AvgIpc) is 3.53. The molecule has 1 saturated heterocycles. The molecule has 2 amide bonds. The Labute approximate surface area is 193 Å². The first-order chi connectivity index (χ1) is 15.9. The lowest BCUT2D eigenvalue weighted by molar-refractivity contribution is -0.139. The molecule has 0 radical (unpaired) electrons. The van der Waals surface area contributed by atoms with Crippen molar-refractivity contribution in [3.8, 4) is 16.9 Å². The van der Waals surface area contributed by atoms with E-state index in [1.807, 2.05) is 37.3 Å². The lowest BCUT2D eigenvalue weighted by Gasteiger charge is -2.35. The highest BCUT2D eigenvalue weighted by molar-refractivity contribution is 5.94. The van der Waals surface area contributed by atoms with E-state index in [1.54, 1.807) is 6.20 Å². The first-order valence-corrected chi connectivity index (χ1v) is 11.3. The summed E-state index contributed by atoms with van der Waals surface area (Å²) in [6.07, 6.45) is 1.15. The van der Waals surface area contributed by atoms with Crippen LogP contribution in [0.5, 0.6) is 5.75 Å². The number of anilines is 1. The summed E-state index contributed by atoms with van der Waals surface area (Å²) in [5.74, 6) is 1.48. The number of halogens is 1. The number of ether oxygens (including phenoxy) is 2. The van der Waals surface area contributed by atoms with Gasteiger partial charge in [-0.25, -0.2) is 9.37 Å². The first-order valence-electron chi connectivity index (χ1n) is 11.3. The number of nitrogens with one attached hydrogen (secondary N) is 1. The predicted octanol–water partition coefficient (Wildman–Crippen LogP) is 3.62. The van der Waals surface area contributed by atoms with Crippen molar-refractivity contribution in [1.82, 2.24) is 9.88 Å². The van der Waals surface area contributed by atoms with Crippen molar-refractivity contribution in [2.24, 2.45) is 11.8 Å². The maximum absolute atomic E-state index is 14.7. The van der Waals surface area contributed by atoms with Crippen molar-refractivity contribution in [3.05, 3.63) is 42.1 Å². The molecule has 0 spiro atoms. The second-order valence-electron chi connectivity index (χ2n) is 8.95. The van der Waals surface area contributed by atoms with Gasteiger partial charge in [-0.2, -0.15) is 0 Å². The molecule has 1 N–H and O–H groups in total. The Bertz CT molecular complexity index is 1030. The summed E-state index contributed by atoms with van der Waals surface area (Å²) in [4.78, 5) is 29.9. The van der Waals surface area contributed by atoms with Gasteiger partial charge in [0.2, 0.25) is 11.8 Å². The molecule has 8 heteroatoms. The van der Waals surface area contributed by atoms with E-state index < -0.39 is 12.3 Å². The highest BCUT2D eigenvalue weighted by Gasteiger charge is 2.39. The van der Waals surface area contributed by atoms with Gasteiger partial charge in [-0.1, -0.05) is 13.0 Å². The summed E-state index contributed by atoms with van der Waals surface area (Å²) in [6.45, 7) is 4.39. The zero-order chi connectivity index (χ0) is 23.5. The second-order valence-corrected chi connectivity index (χ2v) is 8.95. The van der Waals surface area contributed by atoms with Gasteiger partial charge in [0.1, 0.15) is 24.3 Å². The number of benzene rings is 1. The number of aryl methyl sites for hydroxylation is 1. The van der Waals surface area contributed by atoms with E-state index in [2.05, 4.69) is 17.2 Å². The molecule has 1 aliphatic heterocycles. The molecular formula is C25H30FN3O4. The van der Waals surface area contributed by atoms with Crippen LogP contribution < -0.4 is 10.1 Å². The molecule has 1 aromatic carbocycles. The third-order valence-electron chi connectivity index (χ3n) is 6.35. The fourth-order valence-corrected chi connectivity index (χ4v) is 4.17. The van der Waals surface area contributed by atoms with Crippen molar-refractivity contribution in [2.75, 3.05) is 32.1 Å². The van der Waals surface area contributed by atoms with Crippen molar-refractivity contribution in [1.29, 1.82) is 0 Å². The zero-order valence-electron chi connectivity index (χ0n) is 19.2. The molecule has 7 nitrogen and oxygen atoms in total. The molecule has 1 aliphatic carbocycles. The number of likely N-dealkylation sites (tertiary alicyclic amines) is 1. The third kappa shape index (κ3) is 5.50. The van der Waals surface area contributed by atoms with Crippen LogP contribution in [0.2, 0.25) is 0 Å². The Hall–Kier alpha value is -3.00. The van der Waals surface area contributed by atoms with Gasteiger partial charge in [-0.15, -0.1) is 0 Å². The number of hydrogen-bond acceptors (Lipinski definition) is 5. The topological polar surface area (TPSA) is 80.8 Å². The third-order valence-corrected chi connectivity index (χ3v) is 6.35. The molecular weight excluding hydrogens is 425 g/mol. The van der Waals surface area contributed by atoms with E-state index >= 15 is 0 Å². The summed E-state index contributed by atoms with van der Waals surface area (Å²) in [6, 6.07) is 9.46. The minimum atomic E-state index is -1.26. The highest BCUT2D eigenvalue weighted by Crippen LogP contribution is 2.38. The normalized spacial score (nSPS) is 24.3. The van der Waals surface area contributed by atoms with Crippen LogP contribution in [0.1, 0.15) is 25.3 Å². The quantitative estimate of drug-likeness (QED) is 0.690. The number of aromatic nitrogens is 1. The number of alkyl halides is 1. The van der Waals surface area contributed by atoms with E-state index in [9.17, 15) is 14.0 Å². The monoisotopic (exact) mass is 455 g/mol. The Morgan fingerprint density at radius 2 is 2.00 bits per heavy atom. The van der Waals surface area contributed by atoms with Crippen LogP contribution in [0.25, 0.3) is 11.1 Å². The summed E-state index contributed by atoms with van der Waals surface area (Å²) >= 11 is 0. The Balaban J connectivity index is 1.40. The van der Waals surface area contributed by atoms with Crippen LogP contribution in [-0.4, -0.2) is 60.8 Å². The summed E-state index contributed by atoms with van der Waals surface area (Å²) in [5, 5.41) is 2.90. The number of carbonyl (C=O) groups is 2. The number of pyridine rings is 1. The molecule has 33 heavy (non-hydrogen) atoms. The van der Waals surface area contributed by atoms with Crippen LogP contribution in [-0.2, 0) is 14.3 Å². The van der Waals surface area contributed by atoms with Gasteiger partial charge in [0.25, 0.3) is 0 Å². The molecule has 2 unspecified atom stereocenters. The number of carbonyl (C=O) groups excluding carboxylic acids is 2. The Morgan fingerprint density at radius 1 is 1.24 bits per heavy atom. The first kappa shape index (κ1) is 23.2. The standard InChI is InChI=1S/C25H30FN3O4/c1-15-11-19(15)25(31)28-23-12-18(6-8-27-23)17-4-5-21(16(2)10-17)33-22-7-9-29(13-20(22)26)24(30)14-32-3/h4-6,8,10,12,15,19-20,22H,7,9,11,13-14H2,1-3H3,(H,27,28,31)/t15?,19?,20-,22+/m1/s1. The highest BCUT2D eigenvalue weighted by atomic mass is 19.1. The molecule has 1 saturated carbocycles. The van der Waals surface area contributed by atoms with E-state index in [-0.39, 0.29) is 30.9 Å². The van der Waals surface area contributed by atoms with Gasteiger partial charge < -0.3 is 19.7 Å². The van der Waals surface area contributed by atoms with Crippen molar-refractivity contribution < 1.29 is 23.5 Å². The van der Waals surface area contributed by atoms with E-state index in [1.165, 1.54) is 12.0 Å². The zero-order valence-corrected chi connectivity index (χ0v) is 19.2. The number of hydrogen-bond donors (Lipinski definition) is 1. The molecule has 2 heterocycles. The van der Waals surface area contributed by atoms with Crippen LogP contribution >= 0.6 is 0 Å². The molecule has 1 aromatic heterocycles. The van der Waals surface area contributed by atoms with Gasteiger partial charge in [0.05, 0.1) is 6.54 Å². The average molecular weight is 456 g/mol. The number of amides is 2. The molecule has 4 atom stereocenters. The molecule has 2 aliphatic rings. The lowest BCUT2D eigenvalue weighted by atomic mass is 10.0. The van der Waals surface area contributed by atoms with E-state index in [0.29, 0.717) is 30.5 Å². The number of piperidine rings is 1. The van der Waals surface area contributed by atoms with Gasteiger partial charge in [0, 0.05) is 32.2 Å². The second kappa shape index (κ2) is 9.87.